The maximum atomic E-state index is 14.7. The molecule has 1 aromatic heterocycles. The quantitative estimate of drug-likeness (QED) is 0.355. The van der Waals surface area contributed by atoms with Gasteiger partial charge in [0.1, 0.15) is 29.0 Å². The first-order chi connectivity index (χ1) is 19.4. The minimum atomic E-state index is -0.686. The number of rotatable bonds is 9. The molecule has 2 aromatic carbocycles. The summed E-state index contributed by atoms with van der Waals surface area (Å²) in [5, 5.41) is 14.5. The number of hydrazone groups is 1. The van der Waals surface area contributed by atoms with E-state index in [2.05, 4.69) is 15.0 Å². The predicted molar refractivity (Wildman–Crippen MR) is 145 cm³/mol. The van der Waals surface area contributed by atoms with Crippen molar-refractivity contribution in [3.63, 3.8) is 0 Å². The number of ether oxygens (including phenoxy) is 1. The summed E-state index contributed by atoms with van der Waals surface area (Å²) >= 11 is 0. The summed E-state index contributed by atoms with van der Waals surface area (Å²) in [7, 11) is 0. The lowest BCUT2D eigenvalue weighted by Crippen LogP contribution is -2.41. The average Bonchev–Trinajstić information content (AvgIpc) is 3.46. The molecule has 0 saturated carbocycles. The third-order valence-corrected chi connectivity index (χ3v) is 7.31. The van der Waals surface area contributed by atoms with E-state index in [-0.39, 0.29) is 24.2 Å². The average molecular weight is 553 g/mol. The Balaban J connectivity index is 1.23. The molecule has 3 heterocycles. The highest BCUT2D eigenvalue weighted by Crippen LogP contribution is 2.34. The molecule has 1 saturated heterocycles. The van der Waals surface area contributed by atoms with E-state index < -0.39 is 17.7 Å². The number of hydrogen-bond acceptors (Lipinski definition) is 6. The van der Waals surface area contributed by atoms with E-state index in [0.717, 1.165) is 6.07 Å². The van der Waals surface area contributed by atoms with Crippen molar-refractivity contribution in [2.24, 2.45) is 11.0 Å². The second kappa shape index (κ2) is 12.5. The summed E-state index contributed by atoms with van der Waals surface area (Å²) < 4.78 is 48.0. The Morgan fingerprint density at radius 1 is 1.00 bits per heavy atom. The molecule has 0 radical (unpaired) electrons. The Kier molecular flexibility index (Phi) is 8.64. The molecule has 0 aliphatic carbocycles. The number of carbonyl (C=O) groups excluding carboxylic acids is 1. The van der Waals surface area contributed by atoms with Crippen molar-refractivity contribution >= 4 is 17.9 Å². The van der Waals surface area contributed by atoms with E-state index in [0.29, 0.717) is 80.1 Å². The first-order valence-corrected chi connectivity index (χ1v) is 13.5. The number of unbranched alkanes of at least 4 members (excludes halogenated alkanes) is 1. The number of anilines is 1. The van der Waals surface area contributed by atoms with Gasteiger partial charge < -0.3 is 14.7 Å². The van der Waals surface area contributed by atoms with Gasteiger partial charge in [-0.3, -0.25) is 4.79 Å². The number of aliphatic hydroxyl groups is 1. The van der Waals surface area contributed by atoms with Gasteiger partial charge in [-0.15, -0.1) is 0 Å². The maximum Gasteiger partial charge on any atom is 0.246 e. The minimum absolute atomic E-state index is 0.103. The third kappa shape index (κ3) is 6.28. The van der Waals surface area contributed by atoms with E-state index >= 15 is 0 Å². The van der Waals surface area contributed by atoms with Gasteiger partial charge in [-0.25, -0.2) is 23.2 Å². The van der Waals surface area contributed by atoms with Crippen LogP contribution in [0.4, 0.5) is 19.0 Å². The fourth-order valence-corrected chi connectivity index (χ4v) is 5.19. The van der Waals surface area contributed by atoms with Gasteiger partial charge in [0.25, 0.3) is 0 Å². The molecule has 1 atom stereocenters. The van der Waals surface area contributed by atoms with Crippen LogP contribution >= 0.6 is 0 Å². The van der Waals surface area contributed by atoms with Gasteiger partial charge in [0.05, 0.1) is 12.6 Å². The second-order valence-corrected chi connectivity index (χ2v) is 10.0. The zero-order valence-corrected chi connectivity index (χ0v) is 22.0. The van der Waals surface area contributed by atoms with Crippen LogP contribution in [0.3, 0.4) is 0 Å². The monoisotopic (exact) mass is 552 g/mol. The molecule has 5 rings (SSSR count). The number of pyridine rings is 1. The molecule has 1 N–H and O–H groups in total. The molecule has 7 nitrogen and oxygen atoms in total. The van der Waals surface area contributed by atoms with Crippen molar-refractivity contribution in [2.75, 3.05) is 31.2 Å². The van der Waals surface area contributed by atoms with Gasteiger partial charge in [0, 0.05) is 56.1 Å². The SMILES string of the molecule is O=C(C1CCN(c2cc(-c3cc(OCCCCO)ccc3F)ccn2)CC1)N1N=CCC1c1cc(F)cc(F)c1. The lowest BCUT2D eigenvalue weighted by atomic mass is 9.94. The van der Waals surface area contributed by atoms with Crippen molar-refractivity contribution in [1.29, 1.82) is 0 Å². The summed E-state index contributed by atoms with van der Waals surface area (Å²) in [6.07, 6.45) is 6.11. The number of piperidine rings is 1. The van der Waals surface area contributed by atoms with Crippen LogP contribution in [0.5, 0.6) is 5.75 Å². The second-order valence-electron chi connectivity index (χ2n) is 10.0. The third-order valence-electron chi connectivity index (χ3n) is 7.31. The van der Waals surface area contributed by atoms with Crippen LogP contribution in [0.2, 0.25) is 0 Å². The lowest BCUT2D eigenvalue weighted by molar-refractivity contribution is -0.138. The maximum absolute atomic E-state index is 14.7. The topological polar surface area (TPSA) is 78.3 Å². The summed E-state index contributed by atoms with van der Waals surface area (Å²) in [6.45, 7) is 1.68. The first kappa shape index (κ1) is 27.6. The van der Waals surface area contributed by atoms with Gasteiger partial charge in [0.15, 0.2) is 0 Å². The summed E-state index contributed by atoms with van der Waals surface area (Å²) in [5.41, 5.74) is 1.45. The molecule has 0 bridgehead atoms. The Morgan fingerprint density at radius 3 is 2.52 bits per heavy atom. The van der Waals surface area contributed by atoms with E-state index in [4.69, 9.17) is 9.84 Å². The highest BCUT2D eigenvalue weighted by atomic mass is 19.1. The van der Waals surface area contributed by atoms with Crippen molar-refractivity contribution in [1.82, 2.24) is 9.99 Å². The molecule has 3 aromatic rings. The van der Waals surface area contributed by atoms with Gasteiger partial charge >= 0.3 is 0 Å². The number of halogens is 3. The molecule has 210 valence electrons. The minimum Gasteiger partial charge on any atom is -0.494 e. The van der Waals surface area contributed by atoms with Crippen LogP contribution < -0.4 is 9.64 Å². The molecule has 2 aliphatic heterocycles. The highest BCUT2D eigenvalue weighted by molar-refractivity contribution is 5.82. The number of aliphatic hydroxyl groups excluding tert-OH is 1. The molecule has 1 amide bonds. The van der Waals surface area contributed by atoms with Crippen LogP contribution in [-0.4, -0.2) is 53.5 Å². The number of hydrogen-bond donors (Lipinski definition) is 1. The molecule has 40 heavy (non-hydrogen) atoms. The molecule has 1 unspecified atom stereocenters. The van der Waals surface area contributed by atoms with E-state index in [1.165, 1.54) is 23.2 Å². The van der Waals surface area contributed by atoms with Gasteiger partial charge in [-0.2, -0.15) is 5.10 Å². The zero-order chi connectivity index (χ0) is 28.1. The van der Waals surface area contributed by atoms with E-state index in [1.807, 2.05) is 6.07 Å². The van der Waals surface area contributed by atoms with E-state index in [9.17, 15) is 18.0 Å². The van der Waals surface area contributed by atoms with Crippen LogP contribution in [0.25, 0.3) is 11.1 Å². The number of benzene rings is 2. The fourth-order valence-electron chi connectivity index (χ4n) is 5.19. The van der Waals surface area contributed by atoms with Crippen LogP contribution in [0.1, 0.15) is 43.7 Å². The Labute approximate surface area is 230 Å². The Hall–Kier alpha value is -3.92. The van der Waals surface area contributed by atoms with Gasteiger partial charge in [-0.05, 0) is 79.3 Å². The van der Waals surface area contributed by atoms with Crippen LogP contribution in [0.15, 0.2) is 59.8 Å². The number of aromatic nitrogens is 1. The lowest BCUT2D eigenvalue weighted by Gasteiger charge is -2.34. The van der Waals surface area contributed by atoms with Crippen LogP contribution in [0, 0.1) is 23.4 Å². The van der Waals surface area contributed by atoms with Crippen molar-refractivity contribution in [3.05, 3.63) is 77.7 Å². The smallest absolute Gasteiger partial charge is 0.246 e. The summed E-state index contributed by atoms with van der Waals surface area (Å²) in [4.78, 5) is 19.9. The van der Waals surface area contributed by atoms with Gasteiger partial charge in [0.2, 0.25) is 5.91 Å². The van der Waals surface area contributed by atoms with Crippen molar-refractivity contribution in [2.45, 2.75) is 38.1 Å². The number of carbonyl (C=O) groups is 1. The molecule has 10 heteroatoms. The normalized spacial score (nSPS) is 17.4. The molecular weight excluding hydrogens is 521 g/mol. The van der Waals surface area contributed by atoms with Crippen molar-refractivity contribution < 1.29 is 27.8 Å². The Bertz CT molecular complexity index is 1360. The number of amides is 1. The largest absolute Gasteiger partial charge is 0.494 e. The first-order valence-electron chi connectivity index (χ1n) is 13.5. The summed E-state index contributed by atoms with van der Waals surface area (Å²) in [5.74, 6) is -0.956. The predicted octanol–water partition coefficient (Wildman–Crippen LogP) is 5.49. The molecule has 1 fully saturated rings. The fraction of sp³-hybridized carbons (Fsp3) is 0.367. The molecule has 2 aliphatic rings. The standard InChI is InChI=1S/C30H31F3N4O3/c31-23-15-22(16-24(32)18-23)28-6-10-35-37(28)30(39)20-7-11-36(12-8-20)29-17-21(5-9-34-29)26-19-25(3-4-27(26)33)40-14-2-1-13-38/h3-5,9-10,15-20,28,38H,1-2,6-8,11-14H2. The van der Waals surface area contributed by atoms with Crippen LogP contribution in [-0.2, 0) is 4.79 Å². The highest BCUT2D eigenvalue weighted by Gasteiger charge is 2.35. The molecule has 0 spiro atoms. The van der Waals surface area contributed by atoms with Crippen molar-refractivity contribution in [3.8, 4) is 16.9 Å². The van der Waals surface area contributed by atoms with E-state index in [1.54, 1.807) is 30.6 Å². The number of nitrogens with zero attached hydrogens (tertiary/aromatic N) is 4. The Morgan fingerprint density at radius 2 is 1.77 bits per heavy atom. The summed E-state index contributed by atoms with van der Waals surface area (Å²) in [6, 6.07) is 11.0. The van der Waals surface area contributed by atoms with Gasteiger partial charge in [-0.1, -0.05) is 0 Å². The molecular formula is C30H31F3N4O3. The zero-order valence-electron chi connectivity index (χ0n) is 22.0.